The van der Waals surface area contributed by atoms with E-state index in [2.05, 4.69) is 17.3 Å². The van der Waals surface area contributed by atoms with Gasteiger partial charge in [-0.3, -0.25) is 4.68 Å². The number of benzene rings is 1. The van der Waals surface area contributed by atoms with Gasteiger partial charge in [-0.1, -0.05) is 6.07 Å². The smallest absolute Gasteiger partial charge is 0.173 e. The number of methoxy groups -OCH3 is 1. The fraction of sp³-hybridized carbons (Fsp3) is 0.333. The fourth-order valence-electron chi connectivity index (χ4n) is 2.01. The van der Waals surface area contributed by atoms with Crippen LogP contribution in [-0.4, -0.2) is 34.0 Å². The Bertz CT molecular complexity index is 611. The Morgan fingerprint density at radius 2 is 2.24 bits per heavy atom. The summed E-state index contributed by atoms with van der Waals surface area (Å²) in [6.45, 7) is 3.64. The van der Waals surface area contributed by atoms with Crippen LogP contribution in [0, 0.1) is 0 Å². The van der Waals surface area contributed by atoms with E-state index < -0.39 is 0 Å². The minimum atomic E-state index is 0.659. The summed E-state index contributed by atoms with van der Waals surface area (Å²) < 4.78 is 7.17. The number of aryl methyl sites for hydroxylation is 1. The van der Waals surface area contributed by atoms with E-state index in [4.69, 9.17) is 17.0 Å². The van der Waals surface area contributed by atoms with Gasteiger partial charge in [-0.05, 0) is 37.3 Å². The third kappa shape index (κ3) is 3.95. The van der Waals surface area contributed by atoms with Gasteiger partial charge in [0.1, 0.15) is 5.75 Å². The lowest BCUT2D eigenvalue weighted by Gasteiger charge is -2.21. The number of thiocarbonyl (C=S) groups is 1. The molecule has 2 aromatic rings. The molecule has 1 N–H and O–H groups in total. The van der Waals surface area contributed by atoms with Crippen molar-refractivity contribution in [3.63, 3.8) is 0 Å². The van der Waals surface area contributed by atoms with Gasteiger partial charge in [0.2, 0.25) is 0 Å². The van der Waals surface area contributed by atoms with Crippen LogP contribution in [0.1, 0.15) is 12.6 Å². The number of anilines is 1. The van der Waals surface area contributed by atoms with Crippen molar-refractivity contribution in [2.45, 2.75) is 20.0 Å². The second kappa shape index (κ2) is 7.08. The highest BCUT2D eigenvalue weighted by Crippen LogP contribution is 2.17. The maximum atomic E-state index is 5.44. The van der Waals surface area contributed by atoms with Crippen LogP contribution in [0.15, 0.2) is 36.5 Å². The molecule has 1 heterocycles. The first kappa shape index (κ1) is 15.3. The molecule has 0 spiro atoms. The molecule has 0 atom stereocenters. The molecule has 0 amide bonds. The summed E-state index contributed by atoms with van der Waals surface area (Å²) in [5.41, 5.74) is 2.05. The van der Waals surface area contributed by atoms with Gasteiger partial charge in [0.25, 0.3) is 0 Å². The second-order valence-electron chi connectivity index (χ2n) is 4.66. The first-order chi connectivity index (χ1) is 10.1. The van der Waals surface area contributed by atoms with Crippen molar-refractivity contribution in [2.24, 2.45) is 0 Å². The molecule has 0 aliphatic heterocycles. The van der Waals surface area contributed by atoms with Crippen LogP contribution in [0.3, 0.4) is 0 Å². The Hall–Kier alpha value is -2.08. The second-order valence-corrected chi connectivity index (χ2v) is 5.04. The number of hydrogen-bond donors (Lipinski definition) is 1. The lowest BCUT2D eigenvalue weighted by Crippen LogP contribution is -2.31. The van der Waals surface area contributed by atoms with Crippen molar-refractivity contribution in [2.75, 3.05) is 19.5 Å². The number of hydrogen-bond acceptors (Lipinski definition) is 3. The highest BCUT2D eigenvalue weighted by molar-refractivity contribution is 7.80. The zero-order valence-electron chi connectivity index (χ0n) is 12.5. The summed E-state index contributed by atoms with van der Waals surface area (Å²) in [6.07, 6.45) is 1.81. The molecule has 0 saturated heterocycles. The van der Waals surface area contributed by atoms with Gasteiger partial charge in [-0.15, -0.1) is 0 Å². The van der Waals surface area contributed by atoms with Gasteiger partial charge in [-0.25, -0.2) is 0 Å². The predicted molar refractivity (Wildman–Crippen MR) is 88.6 cm³/mol. The number of rotatable bonds is 5. The molecule has 6 heteroatoms. The maximum Gasteiger partial charge on any atom is 0.173 e. The van der Waals surface area contributed by atoms with Crippen LogP contribution in [0.5, 0.6) is 5.75 Å². The molecule has 0 radical (unpaired) electrons. The van der Waals surface area contributed by atoms with E-state index in [-0.39, 0.29) is 0 Å². The fourth-order valence-corrected chi connectivity index (χ4v) is 2.20. The molecular formula is C15H20N4OS. The lowest BCUT2D eigenvalue weighted by molar-refractivity contribution is 0.415. The van der Waals surface area contributed by atoms with Crippen LogP contribution < -0.4 is 10.1 Å². The first-order valence-electron chi connectivity index (χ1n) is 6.81. The highest BCUT2D eigenvalue weighted by Gasteiger charge is 2.09. The van der Waals surface area contributed by atoms with E-state index >= 15 is 0 Å². The van der Waals surface area contributed by atoms with Crippen LogP contribution in [0.25, 0.3) is 0 Å². The van der Waals surface area contributed by atoms with Crippen LogP contribution >= 0.6 is 12.2 Å². The number of ether oxygens (including phenoxy) is 1. The number of aromatic nitrogens is 2. The molecular weight excluding hydrogens is 284 g/mol. The third-order valence-corrected chi connectivity index (χ3v) is 3.58. The summed E-state index contributed by atoms with van der Waals surface area (Å²) in [5, 5.41) is 8.14. The van der Waals surface area contributed by atoms with E-state index in [1.807, 2.05) is 53.2 Å². The average molecular weight is 304 g/mol. The molecule has 1 aromatic heterocycles. The van der Waals surface area contributed by atoms with Crippen molar-refractivity contribution in [3.05, 3.63) is 42.2 Å². The standard InChI is InChI=1S/C15H20N4OS/c1-4-19-13(8-9-16-19)11-18(2)15(21)17-12-6-5-7-14(10-12)20-3/h5-10H,4,11H2,1-3H3,(H,17,21). The Morgan fingerprint density at radius 3 is 2.95 bits per heavy atom. The Balaban J connectivity index is 1.99. The molecule has 1 aromatic carbocycles. The zero-order valence-corrected chi connectivity index (χ0v) is 13.4. The van der Waals surface area contributed by atoms with Gasteiger partial charge in [0.05, 0.1) is 19.3 Å². The van der Waals surface area contributed by atoms with Crippen molar-refractivity contribution < 1.29 is 4.74 Å². The molecule has 0 unspecified atom stereocenters. The monoisotopic (exact) mass is 304 g/mol. The summed E-state index contributed by atoms with van der Waals surface area (Å²) in [6, 6.07) is 9.71. The summed E-state index contributed by atoms with van der Waals surface area (Å²) in [5.74, 6) is 0.800. The van der Waals surface area contributed by atoms with Gasteiger partial charge in [0.15, 0.2) is 5.11 Å². The molecule has 0 fully saturated rings. The van der Waals surface area contributed by atoms with Gasteiger partial charge in [-0.2, -0.15) is 5.10 Å². The normalized spacial score (nSPS) is 10.2. The molecule has 0 bridgehead atoms. The lowest BCUT2D eigenvalue weighted by atomic mass is 10.3. The van der Waals surface area contributed by atoms with E-state index in [1.165, 1.54) is 0 Å². The van der Waals surface area contributed by atoms with Crippen molar-refractivity contribution >= 4 is 23.0 Å². The predicted octanol–water partition coefficient (Wildman–Crippen LogP) is 2.74. The first-order valence-corrected chi connectivity index (χ1v) is 7.21. The zero-order chi connectivity index (χ0) is 15.2. The van der Waals surface area contributed by atoms with E-state index in [9.17, 15) is 0 Å². The Morgan fingerprint density at radius 1 is 1.43 bits per heavy atom. The average Bonchev–Trinajstić information content (AvgIpc) is 2.94. The largest absolute Gasteiger partial charge is 0.497 e. The molecule has 0 aliphatic carbocycles. The molecule has 0 saturated carbocycles. The topological polar surface area (TPSA) is 42.3 Å². The van der Waals surface area contributed by atoms with Gasteiger partial charge < -0.3 is 15.0 Å². The number of nitrogens with one attached hydrogen (secondary N) is 1. The van der Waals surface area contributed by atoms with Gasteiger partial charge in [0, 0.05) is 31.5 Å². The summed E-state index contributed by atoms with van der Waals surface area (Å²) in [4.78, 5) is 1.98. The molecule has 0 aliphatic rings. The van der Waals surface area contributed by atoms with E-state index in [0.717, 1.165) is 23.7 Å². The van der Waals surface area contributed by atoms with Crippen LogP contribution in [0.2, 0.25) is 0 Å². The Kier molecular flexibility index (Phi) is 5.16. The van der Waals surface area contributed by atoms with Crippen molar-refractivity contribution in [1.29, 1.82) is 0 Å². The van der Waals surface area contributed by atoms with Crippen molar-refractivity contribution in [3.8, 4) is 5.75 Å². The maximum absolute atomic E-state index is 5.44. The number of nitrogens with zero attached hydrogens (tertiary/aromatic N) is 3. The minimum absolute atomic E-state index is 0.659. The quantitative estimate of drug-likeness (QED) is 0.860. The Labute approximate surface area is 130 Å². The van der Waals surface area contributed by atoms with Crippen LogP contribution in [-0.2, 0) is 13.1 Å². The SMILES string of the molecule is CCn1nccc1CN(C)C(=S)Nc1cccc(OC)c1. The molecule has 5 nitrogen and oxygen atoms in total. The highest BCUT2D eigenvalue weighted by atomic mass is 32.1. The third-order valence-electron chi connectivity index (χ3n) is 3.17. The van der Waals surface area contributed by atoms with Crippen LogP contribution in [0.4, 0.5) is 5.69 Å². The summed E-state index contributed by atoms with van der Waals surface area (Å²) in [7, 11) is 3.61. The summed E-state index contributed by atoms with van der Waals surface area (Å²) >= 11 is 5.44. The van der Waals surface area contributed by atoms with Gasteiger partial charge >= 0.3 is 0 Å². The van der Waals surface area contributed by atoms with Crippen molar-refractivity contribution in [1.82, 2.24) is 14.7 Å². The minimum Gasteiger partial charge on any atom is -0.497 e. The molecule has 21 heavy (non-hydrogen) atoms. The molecule has 112 valence electrons. The van der Waals surface area contributed by atoms with E-state index in [1.54, 1.807) is 7.11 Å². The molecule has 2 rings (SSSR count). The van der Waals surface area contributed by atoms with E-state index in [0.29, 0.717) is 11.7 Å².